The van der Waals surface area contributed by atoms with Gasteiger partial charge in [-0.25, -0.2) is 4.98 Å². The Hall–Kier alpha value is -1.85. The van der Waals surface area contributed by atoms with E-state index in [1.165, 1.54) is 0 Å². The van der Waals surface area contributed by atoms with Crippen LogP contribution in [-0.4, -0.2) is 28.0 Å². The van der Waals surface area contributed by atoms with Crippen molar-refractivity contribution in [3.8, 4) is 5.69 Å². The molecule has 1 amide bonds. The summed E-state index contributed by atoms with van der Waals surface area (Å²) < 4.78 is 1.84. The number of amides is 1. The fourth-order valence-corrected chi connectivity index (χ4v) is 3.09. The first-order valence-corrected chi connectivity index (χ1v) is 7.83. The largest absolute Gasteiger partial charge is 0.326 e. The van der Waals surface area contributed by atoms with Crippen molar-refractivity contribution in [2.45, 2.75) is 25.8 Å². The van der Waals surface area contributed by atoms with Gasteiger partial charge in [0, 0.05) is 30.0 Å². The lowest BCUT2D eigenvalue weighted by molar-refractivity contribution is -0.120. The molecule has 2 N–H and O–H groups in total. The molecule has 22 heavy (non-hydrogen) atoms. The molecule has 2 atom stereocenters. The average Bonchev–Trinajstić information content (AvgIpc) is 3.01. The van der Waals surface area contributed by atoms with Gasteiger partial charge in [0.25, 0.3) is 0 Å². The number of piperidine rings is 1. The lowest BCUT2D eigenvalue weighted by Crippen LogP contribution is -2.40. The van der Waals surface area contributed by atoms with E-state index in [-0.39, 0.29) is 11.8 Å². The molecule has 1 saturated heterocycles. The third kappa shape index (κ3) is 3.31. The molecule has 1 aromatic heterocycles. The van der Waals surface area contributed by atoms with E-state index in [4.69, 9.17) is 11.6 Å². The molecule has 0 radical (unpaired) electrons. The Bertz CT molecular complexity index is 656. The third-order valence-electron chi connectivity index (χ3n) is 3.99. The van der Waals surface area contributed by atoms with Crippen molar-refractivity contribution >= 4 is 23.2 Å². The first-order chi connectivity index (χ1) is 10.6. The van der Waals surface area contributed by atoms with Crippen LogP contribution in [0.2, 0.25) is 5.02 Å². The number of rotatable bonds is 3. The Morgan fingerprint density at radius 1 is 1.50 bits per heavy atom. The van der Waals surface area contributed by atoms with Crippen molar-refractivity contribution in [3.63, 3.8) is 0 Å². The minimum atomic E-state index is 0.0587. The van der Waals surface area contributed by atoms with E-state index in [0.717, 1.165) is 30.8 Å². The molecular weight excluding hydrogens is 300 g/mol. The topological polar surface area (TPSA) is 59.0 Å². The molecule has 0 bridgehead atoms. The zero-order chi connectivity index (χ0) is 15.5. The standard InChI is InChI=1S/C16H19ClN4O/c1-11-8-12(4-5-19-11)16(22)20-13-2-3-15(14(17)9-13)21-7-6-18-10-21/h2-3,6-7,9-12,19H,4-5,8H2,1H3,(H,20,22)/t11-,12-/m0/s1. The maximum atomic E-state index is 12.3. The number of nitrogens with one attached hydrogen (secondary N) is 2. The molecule has 0 spiro atoms. The van der Waals surface area contributed by atoms with Crippen LogP contribution in [0, 0.1) is 5.92 Å². The lowest BCUT2D eigenvalue weighted by atomic mass is 9.92. The van der Waals surface area contributed by atoms with Crippen LogP contribution < -0.4 is 10.6 Å². The lowest BCUT2D eigenvalue weighted by Gasteiger charge is -2.27. The van der Waals surface area contributed by atoms with Gasteiger partial charge < -0.3 is 15.2 Å². The molecule has 1 aliphatic rings. The maximum Gasteiger partial charge on any atom is 0.227 e. The third-order valence-corrected chi connectivity index (χ3v) is 4.29. The second-order valence-electron chi connectivity index (χ2n) is 5.70. The average molecular weight is 319 g/mol. The zero-order valence-electron chi connectivity index (χ0n) is 12.4. The number of carbonyl (C=O) groups is 1. The summed E-state index contributed by atoms with van der Waals surface area (Å²) in [6.07, 6.45) is 6.96. The van der Waals surface area contributed by atoms with Gasteiger partial charge in [-0.15, -0.1) is 0 Å². The molecule has 6 heteroatoms. The Balaban J connectivity index is 1.70. The van der Waals surface area contributed by atoms with Crippen LogP contribution in [0.4, 0.5) is 5.69 Å². The van der Waals surface area contributed by atoms with E-state index < -0.39 is 0 Å². The second-order valence-corrected chi connectivity index (χ2v) is 6.11. The smallest absolute Gasteiger partial charge is 0.227 e. The van der Waals surface area contributed by atoms with Crippen molar-refractivity contribution < 1.29 is 4.79 Å². The van der Waals surface area contributed by atoms with Crippen LogP contribution in [-0.2, 0) is 4.79 Å². The number of nitrogens with zero attached hydrogens (tertiary/aromatic N) is 2. The molecule has 116 valence electrons. The van der Waals surface area contributed by atoms with Gasteiger partial charge in [-0.05, 0) is 44.5 Å². The highest BCUT2D eigenvalue weighted by molar-refractivity contribution is 6.32. The van der Waals surface area contributed by atoms with Crippen LogP contribution in [0.25, 0.3) is 5.69 Å². The molecule has 5 nitrogen and oxygen atoms in total. The highest BCUT2D eigenvalue weighted by Crippen LogP contribution is 2.25. The fraction of sp³-hybridized carbons (Fsp3) is 0.375. The molecule has 0 unspecified atom stereocenters. The summed E-state index contributed by atoms with van der Waals surface area (Å²) in [5.74, 6) is 0.128. The van der Waals surface area contributed by atoms with Crippen LogP contribution in [0.3, 0.4) is 0 Å². The zero-order valence-corrected chi connectivity index (χ0v) is 13.2. The van der Waals surface area contributed by atoms with Gasteiger partial charge in [0.05, 0.1) is 17.0 Å². The SMILES string of the molecule is C[C@H]1C[C@@H](C(=O)Nc2ccc(-n3ccnc3)c(Cl)c2)CCN1. The predicted octanol–water partition coefficient (Wildman–Crippen LogP) is 2.85. The van der Waals surface area contributed by atoms with E-state index in [2.05, 4.69) is 22.5 Å². The minimum absolute atomic E-state index is 0.0587. The molecule has 3 rings (SSSR count). The highest BCUT2D eigenvalue weighted by atomic mass is 35.5. The van der Waals surface area contributed by atoms with Crippen LogP contribution in [0.1, 0.15) is 19.8 Å². The van der Waals surface area contributed by atoms with Gasteiger partial charge in [0.15, 0.2) is 0 Å². The number of benzene rings is 1. The number of hydrogen-bond donors (Lipinski definition) is 2. The summed E-state index contributed by atoms with van der Waals surface area (Å²) in [6.45, 7) is 3.00. The van der Waals surface area contributed by atoms with Crippen molar-refractivity contribution in [3.05, 3.63) is 41.9 Å². The van der Waals surface area contributed by atoms with Gasteiger partial charge in [-0.1, -0.05) is 11.6 Å². The van der Waals surface area contributed by atoms with Gasteiger partial charge in [-0.3, -0.25) is 4.79 Å². The van der Waals surface area contributed by atoms with E-state index in [0.29, 0.717) is 11.1 Å². The van der Waals surface area contributed by atoms with Gasteiger partial charge in [0.1, 0.15) is 0 Å². The Labute approximate surface area is 134 Å². The van der Waals surface area contributed by atoms with Gasteiger partial charge in [-0.2, -0.15) is 0 Å². The maximum absolute atomic E-state index is 12.3. The van der Waals surface area contributed by atoms with Crippen molar-refractivity contribution in [2.24, 2.45) is 5.92 Å². The van der Waals surface area contributed by atoms with Crippen LogP contribution in [0.15, 0.2) is 36.9 Å². The molecule has 2 heterocycles. The van der Waals surface area contributed by atoms with E-state index in [1.54, 1.807) is 18.6 Å². The number of aromatic nitrogens is 2. The molecule has 1 fully saturated rings. The summed E-state index contributed by atoms with van der Waals surface area (Å²) in [6, 6.07) is 5.91. The first kappa shape index (κ1) is 15.1. The summed E-state index contributed by atoms with van der Waals surface area (Å²) in [5, 5.41) is 6.90. The van der Waals surface area contributed by atoms with Crippen molar-refractivity contribution in [1.29, 1.82) is 0 Å². The molecule has 1 aromatic carbocycles. The molecule has 1 aliphatic heterocycles. The molecular formula is C16H19ClN4O. The summed E-state index contributed by atoms with van der Waals surface area (Å²) in [5.41, 5.74) is 1.57. The summed E-state index contributed by atoms with van der Waals surface area (Å²) in [7, 11) is 0. The Kier molecular flexibility index (Phi) is 4.45. The van der Waals surface area contributed by atoms with Crippen LogP contribution >= 0.6 is 11.6 Å². The molecule has 2 aromatic rings. The first-order valence-electron chi connectivity index (χ1n) is 7.45. The highest BCUT2D eigenvalue weighted by Gasteiger charge is 2.24. The number of imidazole rings is 1. The van der Waals surface area contributed by atoms with E-state index >= 15 is 0 Å². The van der Waals surface area contributed by atoms with E-state index in [1.807, 2.05) is 22.9 Å². The van der Waals surface area contributed by atoms with Crippen molar-refractivity contribution in [1.82, 2.24) is 14.9 Å². The van der Waals surface area contributed by atoms with E-state index in [9.17, 15) is 4.79 Å². The number of anilines is 1. The summed E-state index contributed by atoms with van der Waals surface area (Å²) in [4.78, 5) is 16.3. The molecule has 0 saturated carbocycles. The Morgan fingerprint density at radius 3 is 3.05 bits per heavy atom. The number of hydrogen-bond acceptors (Lipinski definition) is 3. The fourth-order valence-electron chi connectivity index (χ4n) is 2.81. The molecule has 0 aliphatic carbocycles. The monoisotopic (exact) mass is 318 g/mol. The van der Waals surface area contributed by atoms with Crippen molar-refractivity contribution in [2.75, 3.05) is 11.9 Å². The minimum Gasteiger partial charge on any atom is -0.326 e. The predicted molar refractivity (Wildman–Crippen MR) is 87.4 cm³/mol. The summed E-state index contributed by atoms with van der Waals surface area (Å²) >= 11 is 6.30. The number of carbonyl (C=O) groups excluding carboxylic acids is 1. The Morgan fingerprint density at radius 2 is 2.36 bits per heavy atom. The normalized spacial score (nSPS) is 21.5. The number of halogens is 1. The van der Waals surface area contributed by atoms with Gasteiger partial charge in [0.2, 0.25) is 5.91 Å². The van der Waals surface area contributed by atoms with Crippen LogP contribution in [0.5, 0.6) is 0 Å². The quantitative estimate of drug-likeness (QED) is 0.915. The van der Waals surface area contributed by atoms with Gasteiger partial charge >= 0.3 is 0 Å². The second kappa shape index (κ2) is 6.50.